The molecule has 0 aliphatic heterocycles. The highest BCUT2D eigenvalue weighted by Crippen LogP contribution is 2.32. The van der Waals surface area contributed by atoms with Gasteiger partial charge in [0.15, 0.2) is 0 Å². The molecule has 1 rings (SSSR count). The molecule has 3 heteroatoms. The second-order valence-electron chi connectivity index (χ2n) is 4.41. The highest BCUT2D eigenvalue weighted by atomic mass is 32.2. The molecule has 90 valence electrons. The van der Waals surface area contributed by atoms with Crippen molar-refractivity contribution in [3.8, 4) is 0 Å². The van der Waals surface area contributed by atoms with E-state index >= 15 is 0 Å². The Morgan fingerprint density at radius 3 is 2.69 bits per heavy atom. The summed E-state index contributed by atoms with van der Waals surface area (Å²) in [6, 6.07) is 4.26. The summed E-state index contributed by atoms with van der Waals surface area (Å²) in [6.45, 7) is 6.59. The number of aromatic nitrogens is 1. The predicted octanol–water partition coefficient (Wildman–Crippen LogP) is 3.25. The topological polar surface area (TPSA) is 38.9 Å². The molecule has 0 spiro atoms. The lowest BCUT2D eigenvalue weighted by Gasteiger charge is -2.22. The van der Waals surface area contributed by atoms with Crippen molar-refractivity contribution in [3.05, 3.63) is 30.1 Å². The number of pyridine rings is 1. The molecule has 0 aliphatic rings. The summed E-state index contributed by atoms with van der Waals surface area (Å²) in [7, 11) is 0. The molecule has 16 heavy (non-hydrogen) atoms. The van der Waals surface area contributed by atoms with E-state index < -0.39 is 0 Å². The average Bonchev–Trinajstić information content (AvgIpc) is 2.30. The SMILES string of the molecule is CCC(C)CSC(c1cccnc1)C(C)N. The molecule has 0 aromatic carbocycles. The number of thioether (sulfide) groups is 1. The summed E-state index contributed by atoms with van der Waals surface area (Å²) < 4.78 is 0. The Morgan fingerprint density at radius 2 is 2.19 bits per heavy atom. The molecule has 0 fully saturated rings. The number of nitrogens with two attached hydrogens (primary N) is 1. The normalized spacial score (nSPS) is 16.8. The summed E-state index contributed by atoms with van der Waals surface area (Å²) in [4.78, 5) is 4.17. The fourth-order valence-corrected chi connectivity index (χ4v) is 2.89. The quantitative estimate of drug-likeness (QED) is 0.827. The molecule has 2 nitrogen and oxygen atoms in total. The van der Waals surface area contributed by atoms with E-state index in [1.54, 1.807) is 6.20 Å². The van der Waals surface area contributed by atoms with Crippen molar-refractivity contribution in [1.29, 1.82) is 0 Å². The van der Waals surface area contributed by atoms with Crippen molar-refractivity contribution in [2.75, 3.05) is 5.75 Å². The van der Waals surface area contributed by atoms with E-state index in [0.29, 0.717) is 5.25 Å². The molecule has 2 N–H and O–H groups in total. The van der Waals surface area contributed by atoms with Gasteiger partial charge >= 0.3 is 0 Å². The van der Waals surface area contributed by atoms with Gasteiger partial charge < -0.3 is 5.73 Å². The molecule has 0 saturated carbocycles. The van der Waals surface area contributed by atoms with Crippen molar-refractivity contribution in [3.63, 3.8) is 0 Å². The lowest BCUT2D eigenvalue weighted by atomic mass is 10.1. The van der Waals surface area contributed by atoms with E-state index in [2.05, 4.69) is 31.8 Å². The van der Waals surface area contributed by atoms with E-state index in [1.165, 1.54) is 12.0 Å². The zero-order chi connectivity index (χ0) is 12.0. The molecular weight excluding hydrogens is 216 g/mol. The third-order valence-electron chi connectivity index (χ3n) is 2.75. The van der Waals surface area contributed by atoms with Gasteiger partial charge in [0, 0.05) is 23.7 Å². The number of rotatable bonds is 6. The van der Waals surface area contributed by atoms with Crippen LogP contribution in [-0.2, 0) is 0 Å². The maximum atomic E-state index is 6.05. The van der Waals surface area contributed by atoms with Gasteiger partial charge in [0.05, 0.1) is 0 Å². The monoisotopic (exact) mass is 238 g/mol. The first-order valence-corrected chi connectivity index (χ1v) is 6.97. The van der Waals surface area contributed by atoms with Gasteiger partial charge in [0.1, 0.15) is 0 Å². The van der Waals surface area contributed by atoms with Gasteiger partial charge in [-0.25, -0.2) is 0 Å². The lowest BCUT2D eigenvalue weighted by molar-refractivity contribution is 0.631. The minimum Gasteiger partial charge on any atom is -0.327 e. The molecule has 1 aromatic rings. The Kier molecular flexibility index (Phi) is 5.85. The Labute approximate surface area is 103 Å². The van der Waals surface area contributed by atoms with Crippen LogP contribution in [-0.4, -0.2) is 16.8 Å². The van der Waals surface area contributed by atoms with E-state index in [9.17, 15) is 0 Å². The molecule has 0 saturated heterocycles. The Bertz CT molecular complexity index is 287. The van der Waals surface area contributed by atoms with Crippen molar-refractivity contribution in [2.24, 2.45) is 11.7 Å². The van der Waals surface area contributed by atoms with Crippen LogP contribution in [0.4, 0.5) is 0 Å². The highest BCUT2D eigenvalue weighted by molar-refractivity contribution is 7.99. The molecule has 0 aliphatic carbocycles. The molecule has 0 amide bonds. The summed E-state index contributed by atoms with van der Waals surface area (Å²) in [5.74, 6) is 1.92. The number of hydrogen-bond donors (Lipinski definition) is 1. The molecule has 0 radical (unpaired) electrons. The van der Waals surface area contributed by atoms with Crippen LogP contribution in [0.2, 0.25) is 0 Å². The Balaban J connectivity index is 2.62. The van der Waals surface area contributed by atoms with Crippen LogP contribution in [0.5, 0.6) is 0 Å². The van der Waals surface area contributed by atoms with Crippen LogP contribution in [0.25, 0.3) is 0 Å². The van der Waals surface area contributed by atoms with Crippen LogP contribution in [0.1, 0.15) is 38.0 Å². The molecule has 1 aromatic heterocycles. The molecule has 1 heterocycles. The average molecular weight is 238 g/mol. The van der Waals surface area contributed by atoms with Gasteiger partial charge in [-0.15, -0.1) is 0 Å². The van der Waals surface area contributed by atoms with Crippen molar-refractivity contribution in [2.45, 2.75) is 38.5 Å². The van der Waals surface area contributed by atoms with E-state index in [0.717, 1.165) is 11.7 Å². The largest absolute Gasteiger partial charge is 0.327 e. The van der Waals surface area contributed by atoms with E-state index in [4.69, 9.17) is 5.73 Å². The van der Waals surface area contributed by atoms with Gasteiger partial charge in [0.2, 0.25) is 0 Å². The minimum absolute atomic E-state index is 0.165. The highest BCUT2D eigenvalue weighted by Gasteiger charge is 2.17. The fraction of sp³-hybridized carbons (Fsp3) is 0.615. The van der Waals surface area contributed by atoms with Crippen LogP contribution in [0, 0.1) is 5.92 Å². The number of hydrogen-bond acceptors (Lipinski definition) is 3. The van der Waals surface area contributed by atoms with Crippen molar-refractivity contribution < 1.29 is 0 Å². The second-order valence-corrected chi connectivity index (χ2v) is 5.59. The smallest absolute Gasteiger partial charge is 0.0460 e. The zero-order valence-corrected chi connectivity index (χ0v) is 11.2. The minimum atomic E-state index is 0.165. The van der Waals surface area contributed by atoms with Crippen molar-refractivity contribution >= 4 is 11.8 Å². The summed E-state index contributed by atoms with van der Waals surface area (Å²) in [6.07, 6.45) is 4.96. The van der Waals surface area contributed by atoms with Gasteiger partial charge in [-0.2, -0.15) is 11.8 Å². The molecule has 3 unspecified atom stereocenters. The first-order valence-electron chi connectivity index (χ1n) is 5.92. The van der Waals surface area contributed by atoms with Gasteiger partial charge in [-0.3, -0.25) is 4.98 Å². The van der Waals surface area contributed by atoms with Gasteiger partial charge in [-0.1, -0.05) is 26.3 Å². The van der Waals surface area contributed by atoms with E-state index in [-0.39, 0.29) is 6.04 Å². The molecule has 3 atom stereocenters. The molecular formula is C13H22N2S. The maximum absolute atomic E-state index is 6.05. The van der Waals surface area contributed by atoms with E-state index in [1.807, 2.05) is 24.0 Å². The summed E-state index contributed by atoms with van der Waals surface area (Å²) in [5, 5.41) is 0.364. The maximum Gasteiger partial charge on any atom is 0.0460 e. The van der Waals surface area contributed by atoms with Gasteiger partial charge in [0.25, 0.3) is 0 Å². The Morgan fingerprint density at radius 1 is 1.44 bits per heavy atom. The van der Waals surface area contributed by atoms with Crippen LogP contribution >= 0.6 is 11.8 Å². The van der Waals surface area contributed by atoms with Gasteiger partial charge in [-0.05, 0) is 30.2 Å². The summed E-state index contributed by atoms with van der Waals surface area (Å²) in [5.41, 5.74) is 7.29. The third-order valence-corrected chi connectivity index (χ3v) is 4.57. The predicted molar refractivity (Wildman–Crippen MR) is 72.5 cm³/mol. The van der Waals surface area contributed by atoms with Crippen LogP contribution < -0.4 is 5.73 Å². The second kappa shape index (κ2) is 6.92. The van der Waals surface area contributed by atoms with Crippen LogP contribution in [0.15, 0.2) is 24.5 Å². The zero-order valence-electron chi connectivity index (χ0n) is 10.4. The standard InChI is InChI=1S/C13H22N2S/c1-4-10(2)9-16-13(11(3)14)12-6-5-7-15-8-12/h5-8,10-11,13H,4,9,14H2,1-3H3. The summed E-state index contributed by atoms with van der Waals surface area (Å²) >= 11 is 1.95. The first-order chi connectivity index (χ1) is 7.65. The van der Waals surface area contributed by atoms with Crippen LogP contribution in [0.3, 0.4) is 0 Å². The first kappa shape index (κ1) is 13.5. The fourth-order valence-electron chi connectivity index (χ4n) is 1.48. The van der Waals surface area contributed by atoms with Crippen molar-refractivity contribution in [1.82, 2.24) is 4.98 Å². The lowest BCUT2D eigenvalue weighted by Crippen LogP contribution is -2.23. The number of nitrogens with zero attached hydrogens (tertiary/aromatic N) is 1. The molecule has 0 bridgehead atoms. The Hall–Kier alpha value is -0.540. The third kappa shape index (κ3) is 4.14.